The summed E-state index contributed by atoms with van der Waals surface area (Å²) in [5.74, 6) is -0.629. The Hall–Kier alpha value is -3.75. The molecule has 0 saturated heterocycles. The third-order valence-corrected chi connectivity index (χ3v) is 4.93. The molecule has 0 radical (unpaired) electrons. The van der Waals surface area contributed by atoms with Crippen LogP contribution in [0.5, 0.6) is 0 Å². The first-order valence-corrected chi connectivity index (χ1v) is 9.27. The first kappa shape index (κ1) is 18.6. The SMILES string of the molecule is CCOC(=O)c1n[nH]nc1-c1ccc(N2CCc3ccccc3C2)c([N+](=O)[O-])c1. The van der Waals surface area contributed by atoms with Gasteiger partial charge in [0.1, 0.15) is 11.4 Å². The summed E-state index contributed by atoms with van der Waals surface area (Å²) in [7, 11) is 0. The smallest absolute Gasteiger partial charge is 0.361 e. The standard InChI is InChI=1S/C20H19N5O4/c1-2-29-20(26)19-18(21-23-22-19)14-7-8-16(17(11-14)25(27)28)24-10-9-13-5-3-4-6-15(13)12-24/h3-8,11H,2,9-10,12H2,1H3,(H,21,22,23). The lowest BCUT2D eigenvalue weighted by molar-refractivity contribution is -0.384. The summed E-state index contributed by atoms with van der Waals surface area (Å²) in [6.45, 7) is 3.18. The highest BCUT2D eigenvalue weighted by Gasteiger charge is 2.26. The van der Waals surface area contributed by atoms with E-state index in [1.54, 1.807) is 19.1 Å². The summed E-state index contributed by atoms with van der Waals surface area (Å²) in [4.78, 5) is 25.4. The second kappa shape index (κ2) is 7.70. The number of H-pyrrole nitrogens is 1. The second-order valence-corrected chi connectivity index (χ2v) is 6.64. The zero-order valence-electron chi connectivity index (χ0n) is 15.8. The van der Waals surface area contributed by atoms with Crippen LogP contribution in [0.4, 0.5) is 11.4 Å². The van der Waals surface area contributed by atoms with Gasteiger partial charge in [-0.3, -0.25) is 10.1 Å². The second-order valence-electron chi connectivity index (χ2n) is 6.64. The number of ether oxygens (including phenoxy) is 1. The van der Waals surface area contributed by atoms with Crippen molar-refractivity contribution in [3.05, 3.63) is 69.4 Å². The fraction of sp³-hybridized carbons (Fsp3) is 0.250. The fourth-order valence-electron chi connectivity index (χ4n) is 3.56. The molecule has 9 nitrogen and oxygen atoms in total. The molecule has 2 heterocycles. The van der Waals surface area contributed by atoms with Gasteiger partial charge < -0.3 is 9.64 Å². The quantitative estimate of drug-likeness (QED) is 0.402. The number of aromatic amines is 1. The number of aromatic nitrogens is 3. The molecule has 0 bridgehead atoms. The van der Waals surface area contributed by atoms with Crippen LogP contribution in [0.15, 0.2) is 42.5 Å². The Morgan fingerprint density at radius 3 is 2.79 bits per heavy atom. The Bertz CT molecular complexity index is 1080. The van der Waals surface area contributed by atoms with Crippen molar-refractivity contribution in [1.82, 2.24) is 15.4 Å². The highest BCUT2D eigenvalue weighted by atomic mass is 16.6. The van der Waals surface area contributed by atoms with Crippen molar-refractivity contribution in [2.24, 2.45) is 0 Å². The van der Waals surface area contributed by atoms with Crippen LogP contribution in [0.3, 0.4) is 0 Å². The van der Waals surface area contributed by atoms with Gasteiger partial charge in [0.15, 0.2) is 5.69 Å². The molecule has 0 unspecified atom stereocenters. The third kappa shape index (κ3) is 3.54. The van der Waals surface area contributed by atoms with Crippen LogP contribution < -0.4 is 4.90 Å². The van der Waals surface area contributed by atoms with E-state index in [1.165, 1.54) is 17.2 Å². The molecule has 1 N–H and O–H groups in total. The molecule has 1 aromatic heterocycles. The van der Waals surface area contributed by atoms with Crippen LogP contribution >= 0.6 is 0 Å². The number of hydrogen-bond donors (Lipinski definition) is 1. The first-order chi connectivity index (χ1) is 14.1. The summed E-state index contributed by atoms with van der Waals surface area (Å²) >= 11 is 0. The average molecular weight is 393 g/mol. The normalized spacial score (nSPS) is 13.1. The number of carbonyl (C=O) groups excluding carboxylic acids is 1. The Balaban J connectivity index is 1.70. The number of nitrogens with one attached hydrogen (secondary N) is 1. The first-order valence-electron chi connectivity index (χ1n) is 9.27. The fourth-order valence-corrected chi connectivity index (χ4v) is 3.56. The van der Waals surface area contributed by atoms with Crippen LogP contribution in [0.25, 0.3) is 11.3 Å². The molecular weight excluding hydrogens is 374 g/mol. The number of esters is 1. The maximum absolute atomic E-state index is 12.1. The molecule has 9 heteroatoms. The number of hydrogen-bond acceptors (Lipinski definition) is 7. The number of nitrogens with zero attached hydrogens (tertiary/aromatic N) is 4. The molecular formula is C20H19N5O4. The van der Waals surface area contributed by atoms with Gasteiger partial charge in [0.25, 0.3) is 5.69 Å². The molecule has 0 fully saturated rings. The monoisotopic (exact) mass is 393 g/mol. The van der Waals surface area contributed by atoms with E-state index in [0.29, 0.717) is 24.3 Å². The molecule has 0 amide bonds. The lowest BCUT2D eigenvalue weighted by Gasteiger charge is -2.30. The maximum Gasteiger partial charge on any atom is 0.361 e. The molecule has 148 valence electrons. The molecule has 3 aromatic rings. The van der Waals surface area contributed by atoms with E-state index in [-0.39, 0.29) is 23.7 Å². The number of benzene rings is 2. The van der Waals surface area contributed by atoms with E-state index in [4.69, 9.17) is 4.74 Å². The summed E-state index contributed by atoms with van der Waals surface area (Å²) in [5.41, 5.74) is 3.58. The summed E-state index contributed by atoms with van der Waals surface area (Å²) in [6, 6.07) is 12.9. The molecule has 0 atom stereocenters. The molecule has 29 heavy (non-hydrogen) atoms. The maximum atomic E-state index is 12.1. The zero-order valence-corrected chi connectivity index (χ0v) is 15.8. The van der Waals surface area contributed by atoms with Crippen LogP contribution in [-0.4, -0.2) is 39.5 Å². The van der Waals surface area contributed by atoms with Gasteiger partial charge in [-0.1, -0.05) is 30.3 Å². The van der Waals surface area contributed by atoms with Crippen LogP contribution in [0, 0.1) is 10.1 Å². The van der Waals surface area contributed by atoms with Crippen molar-refractivity contribution < 1.29 is 14.5 Å². The predicted octanol–water partition coefficient (Wildman–Crippen LogP) is 3.12. The molecule has 1 aliphatic heterocycles. The van der Waals surface area contributed by atoms with Gasteiger partial charge >= 0.3 is 5.97 Å². The average Bonchev–Trinajstić information content (AvgIpc) is 3.23. The number of fused-ring (bicyclic) bond motifs is 1. The van der Waals surface area contributed by atoms with Crippen LogP contribution in [0.2, 0.25) is 0 Å². The Kier molecular flexibility index (Phi) is 4.94. The summed E-state index contributed by atoms with van der Waals surface area (Å²) in [5, 5.41) is 22.0. The topological polar surface area (TPSA) is 114 Å². The van der Waals surface area contributed by atoms with Gasteiger partial charge in [0.05, 0.1) is 11.5 Å². The molecule has 4 rings (SSSR count). The lowest BCUT2D eigenvalue weighted by Crippen LogP contribution is -2.30. The largest absolute Gasteiger partial charge is 0.461 e. The van der Waals surface area contributed by atoms with Gasteiger partial charge in [0.2, 0.25) is 0 Å². The predicted molar refractivity (Wildman–Crippen MR) is 106 cm³/mol. The van der Waals surface area contributed by atoms with Crippen molar-refractivity contribution in [2.45, 2.75) is 19.9 Å². The molecule has 0 aliphatic carbocycles. The Morgan fingerprint density at radius 1 is 1.24 bits per heavy atom. The minimum atomic E-state index is -0.629. The number of rotatable bonds is 5. The van der Waals surface area contributed by atoms with Gasteiger partial charge in [0, 0.05) is 24.7 Å². The van der Waals surface area contributed by atoms with E-state index in [9.17, 15) is 14.9 Å². The summed E-state index contributed by atoms with van der Waals surface area (Å²) in [6.07, 6.45) is 0.825. The minimum Gasteiger partial charge on any atom is -0.461 e. The minimum absolute atomic E-state index is 0.000739. The van der Waals surface area contributed by atoms with Gasteiger partial charge in [-0.2, -0.15) is 10.3 Å². The third-order valence-electron chi connectivity index (χ3n) is 4.93. The Morgan fingerprint density at radius 2 is 2.03 bits per heavy atom. The van der Waals surface area contributed by atoms with E-state index in [2.05, 4.69) is 21.5 Å². The van der Waals surface area contributed by atoms with E-state index in [0.717, 1.165) is 6.42 Å². The van der Waals surface area contributed by atoms with Crippen molar-refractivity contribution in [1.29, 1.82) is 0 Å². The number of anilines is 1. The van der Waals surface area contributed by atoms with Gasteiger partial charge in [-0.05, 0) is 30.5 Å². The lowest BCUT2D eigenvalue weighted by atomic mass is 9.99. The van der Waals surface area contributed by atoms with E-state index in [1.807, 2.05) is 23.1 Å². The molecule has 2 aromatic carbocycles. The van der Waals surface area contributed by atoms with Gasteiger partial charge in [-0.15, -0.1) is 5.10 Å². The zero-order chi connectivity index (χ0) is 20.4. The molecule has 1 aliphatic rings. The van der Waals surface area contributed by atoms with E-state index < -0.39 is 10.9 Å². The van der Waals surface area contributed by atoms with Crippen molar-refractivity contribution in [2.75, 3.05) is 18.1 Å². The van der Waals surface area contributed by atoms with Gasteiger partial charge in [-0.25, -0.2) is 4.79 Å². The Labute approximate surface area is 166 Å². The number of nitro benzene ring substituents is 1. The van der Waals surface area contributed by atoms with Crippen molar-refractivity contribution in [3.8, 4) is 11.3 Å². The number of nitro groups is 1. The highest BCUT2D eigenvalue weighted by molar-refractivity contribution is 5.94. The highest BCUT2D eigenvalue weighted by Crippen LogP contribution is 2.35. The molecule has 0 spiro atoms. The summed E-state index contributed by atoms with van der Waals surface area (Å²) < 4.78 is 4.97. The number of carbonyl (C=O) groups is 1. The van der Waals surface area contributed by atoms with E-state index >= 15 is 0 Å². The van der Waals surface area contributed by atoms with Crippen LogP contribution in [-0.2, 0) is 17.7 Å². The molecule has 0 saturated carbocycles. The van der Waals surface area contributed by atoms with Crippen LogP contribution in [0.1, 0.15) is 28.5 Å². The van der Waals surface area contributed by atoms with Crippen molar-refractivity contribution in [3.63, 3.8) is 0 Å². The van der Waals surface area contributed by atoms with Crippen molar-refractivity contribution >= 4 is 17.3 Å².